The molecule has 1 aliphatic rings. The van der Waals surface area contributed by atoms with Gasteiger partial charge in [0.15, 0.2) is 0 Å². The lowest BCUT2D eigenvalue weighted by molar-refractivity contribution is 0.455. The predicted octanol–water partition coefficient (Wildman–Crippen LogP) is 4.24. The van der Waals surface area contributed by atoms with Crippen molar-refractivity contribution in [3.63, 3.8) is 0 Å². The van der Waals surface area contributed by atoms with Crippen LogP contribution in [0.15, 0.2) is 6.33 Å². The minimum atomic E-state index is 0.548. The van der Waals surface area contributed by atoms with Gasteiger partial charge in [-0.1, -0.05) is 40.0 Å². The molecule has 1 fully saturated rings. The second-order valence-electron chi connectivity index (χ2n) is 6.20. The molecule has 0 amide bonds. The minimum absolute atomic E-state index is 0.548. The van der Waals surface area contributed by atoms with Crippen molar-refractivity contribution >= 4 is 11.6 Å². The molecule has 1 aromatic rings. The van der Waals surface area contributed by atoms with E-state index in [9.17, 15) is 0 Å². The zero-order valence-electron chi connectivity index (χ0n) is 13.8. The Balaban J connectivity index is 2.14. The van der Waals surface area contributed by atoms with E-state index in [1.165, 1.54) is 37.7 Å². The van der Waals surface area contributed by atoms with Gasteiger partial charge in [0.25, 0.3) is 0 Å². The van der Waals surface area contributed by atoms with Crippen LogP contribution in [0, 0.1) is 5.92 Å². The highest BCUT2D eigenvalue weighted by atomic mass is 15.1. The summed E-state index contributed by atoms with van der Waals surface area (Å²) in [7, 11) is 0. The lowest BCUT2D eigenvalue weighted by atomic mass is 9.97. The summed E-state index contributed by atoms with van der Waals surface area (Å²) in [5, 5.41) is 7.14. The van der Waals surface area contributed by atoms with Gasteiger partial charge in [0.05, 0.1) is 0 Å². The monoisotopic (exact) mass is 290 g/mol. The first-order valence-corrected chi connectivity index (χ1v) is 8.60. The van der Waals surface area contributed by atoms with Crippen LogP contribution in [-0.2, 0) is 6.42 Å². The topological polar surface area (TPSA) is 49.8 Å². The van der Waals surface area contributed by atoms with E-state index >= 15 is 0 Å². The summed E-state index contributed by atoms with van der Waals surface area (Å²) in [6.07, 6.45) is 10.4. The number of aromatic nitrogens is 2. The molecule has 1 aliphatic carbocycles. The minimum Gasteiger partial charge on any atom is -0.370 e. The molecule has 0 aliphatic heterocycles. The molecule has 1 saturated carbocycles. The van der Waals surface area contributed by atoms with Gasteiger partial charge in [-0.25, -0.2) is 9.97 Å². The van der Waals surface area contributed by atoms with Crippen molar-refractivity contribution in [3.8, 4) is 0 Å². The second kappa shape index (κ2) is 8.20. The molecule has 4 heteroatoms. The third-order valence-corrected chi connectivity index (χ3v) is 4.52. The molecule has 0 spiro atoms. The Morgan fingerprint density at radius 2 is 1.86 bits per heavy atom. The zero-order valence-corrected chi connectivity index (χ0v) is 13.8. The lowest BCUT2D eigenvalue weighted by Crippen LogP contribution is -2.27. The van der Waals surface area contributed by atoms with Crippen molar-refractivity contribution < 1.29 is 0 Å². The summed E-state index contributed by atoms with van der Waals surface area (Å²) in [5.74, 6) is 2.75. The van der Waals surface area contributed by atoms with Crippen LogP contribution in [0.2, 0.25) is 0 Å². The Hall–Kier alpha value is -1.32. The van der Waals surface area contributed by atoms with Gasteiger partial charge in [-0.05, 0) is 31.6 Å². The lowest BCUT2D eigenvalue weighted by Gasteiger charge is -2.25. The maximum atomic E-state index is 4.52. The highest BCUT2D eigenvalue weighted by Crippen LogP contribution is 2.28. The smallest absolute Gasteiger partial charge is 0.134 e. The van der Waals surface area contributed by atoms with Crippen LogP contribution in [0.25, 0.3) is 0 Å². The van der Waals surface area contributed by atoms with E-state index in [1.54, 1.807) is 6.33 Å². The summed E-state index contributed by atoms with van der Waals surface area (Å²) in [4.78, 5) is 8.93. The Morgan fingerprint density at radius 1 is 1.10 bits per heavy atom. The van der Waals surface area contributed by atoms with Crippen LogP contribution in [-0.4, -0.2) is 22.6 Å². The van der Waals surface area contributed by atoms with E-state index in [2.05, 4.69) is 41.4 Å². The molecule has 118 valence electrons. The predicted molar refractivity (Wildman–Crippen MR) is 89.9 cm³/mol. The Bertz CT molecular complexity index is 433. The summed E-state index contributed by atoms with van der Waals surface area (Å²) in [6.45, 7) is 7.68. The van der Waals surface area contributed by atoms with Crippen LogP contribution in [0.5, 0.6) is 0 Å². The van der Waals surface area contributed by atoms with Crippen molar-refractivity contribution in [3.05, 3.63) is 11.9 Å². The van der Waals surface area contributed by atoms with Gasteiger partial charge in [0, 0.05) is 18.2 Å². The molecule has 4 nitrogen and oxygen atoms in total. The molecule has 0 radical (unpaired) electrons. The summed E-state index contributed by atoms with van der Waals surface area (Å²) < 4.78 is 0. The molecule has 2 unspecified atom stereocenters. The van der Waals surface area contributed by atoms with Crippen LogP contribution < -0.4 is 10.6 Å². The van der Waals surface area contributed by atoms with E-state index in [0.717, 1.165) is 36.9 Å². The molecule has 1 aromatic heterocycles. The van der Waals surface area contributed by atoms with Gasteiger partial charge in [0.2, 0.25) is 0 Å². The second-order valence-corrected chi connectivity index (χ2v) is 6.20. The third kappa shape index (κ3) is 4.32. The first-order valence-electron chi connectivity index (χ1n) is 8.60. The van der Waals surface area contributed by atoms with Gasteiger partial charge in [-0.15, -0.1) is 0 Å². The Morgan fingerprint density at radius 3 is 2.62 bits per heavy atom. The first kappa shape index (κ1) is 16.1. The number of nitrogens with zero attached hydrogens (tertiary/aromatic N) is 2. The first-order chi connectivity index (χ1) is 10.3. The van der Waals surface area contributed by atoms with Gasteiger partial charge in [-0.3, -0.25) is 0 Å². The van der Waals surface area contributed by atoms with Crippen molar-refractivity contribution in [1.82, 2.24) is 9.97 Å². The molecule has 2 N–H and O–H groups in total. The van der Waals surface area contributed by atoms with Crippen molar-refractivity contribution in [2.24, 2.45) is 5.92 Å². The average molecular weight is 290 g/mol. The number of hydrogen-bond donors (Lipinski definition) is 2. The van der Waals surface area contributed by atoms with Crippen LogP contribution in [0.3, 0.4) is 0 Å². The van der Waals surface area contributed by atoms with Crippen LogP contribution in [0.4, 0.5) is 11.6 Å². The van der Waals surface area contributed by atoms with Gasteiger partial charge in [-0.2, -0.15) is 0 Å². The van der Waals surface area contributed by atoms with Gasteiger partial charge < -0.3 is 10.6 Å². The largest absolute Gasteiger partial charge is 0.370 e. The third-order valence-electron chi connectivity index (χ3n) is 4.52. The molecule has 2 atom stereocenters. The highest BCUT2D eigenvalue weighted by Gasteiger charge is 2.21. The molecule has 21 heavy (non-hydrogen) atoms. The number of nitrogens with one attached hydrogen (secondary N) is 2. The van der Waals surface area contributed by atoms with Gasteiger partial charge >= 0.3 is 0 Å². The standard InChI is InChI=1S/C17H30N4/c1-4-11-18-16-14(5-2)17(20-12-19-16)21-15-10-8-6-7-9-13(15)3/h12-13,15H,4-11H2,1-3H3,(H2,18,19,20,21). The van der Waals surface area contributed by atoms with E-state index in [1.807, 2.05) is 0 Å². The van der Waals surface area contributed by atoms with E-state index in [-0.39, 0.29) is 0 Å². The normalized spacial score (nSPS) is 22.6. The van der Waals surface area contributed by atoms with E-state index in [4.69, 9.17) is 0 Å². The zero-order chi connectivity index (χ0) is 15.1. The van der Waals surface area contributed by atoms with Crippen molar-refractivity contribution in [2.75, 3.05) is 17.2 Å². The van der Waals surface area contributed by atoms with E-state index in [0.29, 0.717) is 6.04 Å². The molecule has 0 bridgehead atoms. The molecule has 0 aromatic carbocycles. The van der Waals surface area contributed by atoms with Crippen molar-refractivity contribution in [2.45, 2.75) is 71.8 Å². The quantitative estimate of drug-likeness (QED) is 0.769. The molecule has 2 rings (SSSR count). The Kier molecular flexibility index (Phi) is 6.27. The molecule has 1 heterocycles. The van der Waals surface area contributed by atoms with Crippen LogP contribution in [0.1, 0.15) is 64.9 Å². The van der Waals surface area contributed by atoms with E-state index < -0.39 is 0 Å². The molecule has 0 saturated heterocycles. The highest BCUT2D eigenvalue weighted by molar-refractivity contribution is 5.57. The average Bonchev–Trinajstić information content (AvgIpc) is 2.70. The van der Waals surface area contributed by atoms with Gasteiger partial charge in [0.1, 0.15) is 18.0 Å². The fourth-order valence-corrected chi connectivity index (χ4v) is 3.15. The fourth-order valence-electron chi connectivity index (χ4n) is 3.15. The Labute approximate surface area is 129 Å². The molecular weight excluding hydrogens is 260 g/mol. The maximum Gasteiger partial charge on any atom is 0.134 e. The fraction of sp³-hybridized carbons (Fsp3) is 0.765. The summed E-state index contributed by atoms with van der Waals surface area (Å²) >= 11 is 0. The van der Waals surface area contributed by atoms with Crippen molar-refractivity contribution in [1.29, 1.82) is 0 Å². The summed E-state index contributed by atoms with van der Waals surface area (Å²) in [6, 6.07) is 0.548. The number of hydrogen-bond acceptors (Lipinski definition) is 4. The maximum absolute atomic E-state index is 4.52. The number of anilines is 2. The SMILES string of the molecule is CCCNc1ncnc(NC2CCCCCC2C)c1CC. The number of rotatable bonds is 6. The molecular formula is C17H30N4. The van der Waals surface area contributed by atoms with Crippen LogP contribution >= 0.6 is 0 Å². The summed E-state index contributed by atoms with van der Waals surface area (Å²) in [5.41, 5.74) is 1.22.